The van der Waals surface area contributed by atoms with Gasteiger partial charge in [-0.3, -0.25) is 4.79 Å². The number of nitrogens with two attached hydrogens (primary N) is 1. The van der Waals surface area contributed by atoms with Crippen molar-refractivity contribution < 1.29 is 4.79 Å². The molecule has 3 aromatic rings. The lowest BCUT2D eigenvalue weighted by Gasteiger charge is -2.22. The Labute approximate surface area is 147 Å². The van der Waals surface area contributed by atoms with Gasteiger partial charge in [0.25, 0.3) is 5.91 Å². The highest BCUT2D eigenvalue weighted by Gasteiger charge is 2.18. The molecule has 25 heavy (non-hydrogen) atoms. The van der Waals surface area contributed by atoms with Crippen molar-refractivity contribution in [2.45, 2.75) is 19.3 Å². The average Bonchev–Trinajstić information content (AvgIpc) is 3.05. The molecule has 4 nitrogen and oxygen atoms in total. The smallest absolute Gasteiger partial charge is 0.250 e. The van der Waals surface area contributed by atoms with Gasteiger partial charge in [0.15, 0.2) is 0 Å². The Bertz CT molecular complexity index is 892. The minimum absolute atomic E-state index is 0.393. The van der Waals surface area contributed by atoms with Gasteiger partial charge in [-0.1, -0.05) is 30.3 Å². The lowest BCUT2D eigenvalue weighted by Crippen LogP contribution is -2.30. The van der Waals surface area contributed by atoms with Crippen molar-refractivity contribution in [1.82, 2.24) is 10.3 Å². The Morgan fingerprint density at radius 2 is 2.00 bits per heavy atom. The van der Waals surface area contributed by atoms with E-state index in [0.29, 0.717) is 11.5 Å². The van der Waals surface area contributed by atoms with Gasteiger partial charge in [0, 0.05) is 11.6 Å². The van der Waals surface area contributed by atoms with E-state index in [9.17, 15) is 4.79 Å². The lowest BCUT2D eigenvalue weighted by molar-refractivity contribution is 0.100. The first kappa shape index (κ1) is 15.9. The van der Waals surface area contributed by atoms with Gasteiger partial charge in [0.2, 0.25) is 0 Å². The lowest BCUT2D eigenvalue weighted by atomic mass is 9.91. The minimum Gasteiger partial charge on any atom is -0.366 e. The molecule has 1 aliphatic rings. The summed E-state index contributed by atoms with van der Waals surface area (Å²) in [6.07, 6.45) is 5.54. The predicted octanol–water partition coefficient (Wildman–Crippen LogP) is 3.48. The normalized spacial score (nSPS) is 17.7. The van der Waals surface area contributed by atoms with Crippen LogP contribution in [0.2, 0.25) is 0 Å². The van der Waals surface area contributed by atoms with Crippen LogP contribution in [0.1, 0.15) is 28.8 Å². The summed E-state index contributed by atoms with van der Waals surface area (Å²) in [6.45, 7) is 2.18. The van der Waals surface area contributed by atoms with Crippen LogP contribution in [-0.4, -0.2) is 24.0 Å². The van der Waals surface area contributed by atoms with E-state index in [1.807, 2.05) is 30.5 Å². The van der Waals surface area contributed by atoms with E-state index >= 15 is 0 Å². The van der Waals surface area contributed by atoms with E-state index in [2.05, 4.69) is 28.5 Å². The summed E-state index contributed by atoms with van der Waals surface area (Å²) in [6, 6.07) is 14.2. The molecule has 1 fully saturated rings. The zero-order chi connectivity index (χ0) is 17.2. The Morgan fingerprint density at radius 1 is 1.16 bits per heavy atom. The fraction of sp³-hybridized carbons (Fsp3) is 0.286. The van der Waals surface area contributed by atoms with Crippen molar-refractivity contribution in [3.8, 4) is 11.1 Å². The van der Waals surface area contributed by atoms with Crippen LogP contribution in [0.15, 0.2) is 48.7 Å². The highest BCUT2D eigenvalue weighted by molar-refractivity contribution is 6.07. The van der Waals surface area contributed by atoms with E-state index in [1.165, 1.54) is 18.4 Å². The summed E-state index contributed by atoms with van der Waals surface area (Å²) in [4.78, 5) is 15.3. The monoisotopic (exact) mass is 333 g/mol. The summed E-state index contributed by atoms with van der Waals surface area (Å²) in [5.74, 6) is 0.251. The second kappa shape index (κ2) is 6.73. The molecule has 4 N–H and O–H groups in total. The van der Waals surface area contributed by atoms with Gasteiger partial charge in [0.05, 0.1) is 11.1 Å². The number of hydrogen-bond acceptors (Lipinski definition) is 2. The Balaban J connectivity index is 1.80. The molecule has 1 unspecified atom stereocenters. The van der Waals surface area contributed by atoms with Crippen LogP contribution in [0.3, 0.4) is 0 Å². The molecule has 4 rings (SSSR count). The second-order valence-corrected chi connectivity index (χ2v) is 6.91. The largest absolute Gasteiger partial charge is 0.366 e. The maximum Gasteiger partial charge on any atom is 0.250 e. The number of nitrogens with one attached hydrogen (secondary N) is 2. The average molecular weight is 333 g/mol. The Morgan fingerprint density at radius 3 is 2.72 bits per heavy atom. The second-order valence-electron chi connectivity index (χ2n) is 6.91. The number of carbonyl (C=O) groups is 1. The number of aromatic amines is 1. The van der Waals surface area contributed by atoms with Crippen molar-refractivity contribution in [3.63, 3.8) is 0 Å². The molecule has 0 radical (unpaired) electrons. The van der Waals surface area contributed by atoms with E-state index < -0.39 is 5.91 Å². The molecule has 0 aliphatic carbocycles. The standard InChI is InChI=1S/C21H23N3O/c22-21(25)19-11-16(15-6-2-1-3-7-15)10-18-17(13-24-20(18)19)9-14-5-4-8-23-12-14/h1-3,6-7,10-11,13-14,23-24H,4-5,8-9,12H2,(H2,22,25). The van der Waals surface area contributed by atoms with Crippen LogP contribution in [0, 0.1) is 5.92 Å². The van der Waals surface area contributed by atoms with Gasteiger partial charge in [-0.25, -0.2) is 0 Å². The SMILES string of the molecule is NC(=O)c1cc(-c2ccccc2)cc2c(CC3CCCNC3)c[nH]c12. The third-order valence-electron chi connectivity index (χ3n) is 5.16. The molecule has 0 saturated carbocycles. The fourth-order valence-electron chi connectivity index (χ4n) is 3.86. The molecule has 2 heterocycles. The zero-order valence-corrected chi connectivity index (χ0v) is 14.2. The number of amides is 1. The topological polar surface area (TPSA) is 70.9 Å². The van der Waals surface area contributed by atoms with E-state index in [0.717, 1.165) is 41.5 Å². The number of carbonyl (C=O) groups excluding carboxylic acids is 1. The van der Waals surface area contributed by atoms with Crippen molar-refractivity contribution in [2.75, 3.05) is 13.1 Å². The summed E-state index contributed by atoms with van der Waals surface area (Å²) in [5.41, 5.74) is 10.5. The molecular formula is C21H23N3O. The number of benzene rings is 2. The Hall–Kier alpha value is -2.59. The van der Waals surface area contributed by atoms with Gasteiger partial charge in [0.1, 0.15) is 0 Å². The van der Waals surface area contributed by atoms with Crippen LogP contribution in [0.5, 0.6) is 0 Å². The van der Waals surface area contributed by atoms with Crippen LogP contribution < -0.4 is 11.1 Å². The number of primary amides is 1. The number of H-pyrrole nitrogens is 1. The molecule has 1 atom stereocenters. The van der Waals surface area contributed by atoms with E-state index in [-0.39, 0.29) is 0 Å². The third-order valence-corrected chi connectivity index (χ3v) is 5.16. The number of fused-ring (bicyclic) bond motifs is 1. The molecule has 1 amide bonds. The van der Waals surface area contributed by atoms with E-state index in [1.54, 1.807) is 0 Å². The third kappa shape index (κ3) is 3.17. The van der Waals surface area contributed by atoms with Gasteiger partial charge in [-0.05, 0) is 67.1 Å². The molecule has 1 saturated heterocycles. The van der Waals surface area contributed by atoms with Crippen molar-refractivity contribution in [1.29, 1.82) is 0 Å². The van der Waals surface area contributed by atoms with Gasteiger partial charge in [-0.15, -0.1) is 0 Å². The number of rotatable bonds is 4. The molecule has 0 spiro atoms. The highest BCUT2D eigenvalue weighted by atomic mass is 16.1. The van der Waals surface area contributed by atoms with Gasteiger partial charge in [-0.2, -0.15) is 0 Å². The predicted molar refractivity (Wildman–Crippen MR) is 102 cm³/mol. The molecule has 0 bridgehead atoms. The Kier molecular flexibility index (Phi) is 4.28. The van der Waals surface area contributed by atoms with Crippen LogP contribution in [0.4, 0.5) is 0 Å². The quantitative estimate of drug-likeness (QED) is 0.684. The zero-order valence-electron chi connectivity index (χ0n) is 14.2. The molecule has 1 aromatic heterocycles. The van der Waals surface area contributed by atoms with Crippen molar-refractivity contribution in [3.05, 3.63) is 59.8 Å². The van der Waals surface area contributed by atoms with Crippen molar-refractivity contribution >= 4 is 16.8 Å². The molecular weight excluding hydrogens is 310 g/mol. The van der Waals surface area contributed by atoms with Gasteiger partial charge >= 0.3 is 0 Å². The number of piperidine rings is 1. The summed E-state index contributed by atoms with van der Waals surface area (Å²) in [7, 11) is 0. The molecule has 2 aromatic carbocycles. The minimum atomic E-state index is -0.393. The number of hydrogen-bond donors (Lipinski definition) is 3. The first-order chi connectivity index (χ1) is 12.2. The van der Waals surface area contributed by atoms with Crippen molar-refractivity contribution in [2.24, 2.45) is 11.7 Å². The maximum atomic E-state index is 12.0. The summed E-state index contributed by atoms with van der Waals surface area (Å²) >= 11 is 0. The van der Waals surface area contributed by atoms with Crippen LogP contribution in [0.25, 0.3) is 22.0 Å². The summed E-state index contributed by atoms with van der Waals surface area (Å²) < 4.78 is 0. The summed E-state index contributed by atoms with van der Waals surface area (Å²) in [5, 5.41) is 4.59. The molecule has 128 valence electrons. The highest BCUT2D eigenvalue weighted by Crippen LogP contribution is 2.31. The molecule has 4 heteroatoms. The van der Waals surface area contributed by atoms with Gasteiger partial charge < -0.3 is 16.0 Å². The number of aromatic nitrogens is 1. The van der Waals surface area contributed by atoms with Crippen LogP contribution in [-0.2, 0) is 6.42 Å². The van der Waals surface area contributed by atoms with Crippen LogP contribution >= 0.6 is 0 Å². The maximum absolute atomic E-state index is 12.0. The molecule has 1 aliphatic heterocycles. The first-order valence-electron chi connectivity index (χ1n) is 8.92. The fourth-order valence-corrected chi connectivity index (χ4v) is 3.86. The van der Waals surface area contributed by atoms with E-state index in [4.69, 9.17) is 5.73 Å². The first-order valence-corrected chi connectivity index (χ1v) is 8.92.